The molecule has 0 atom stereocenters. The minimum Gasteiger partial charge on any atom is -0.365 e. The van der Waals surface area contributed by atoms with E-state index in [-0.39, 0.29) is 21.7 Å². The van der Waals surface area contributed by atoms with Gasteiger partial charge in [-0.1, -0.05) is 29.3 Å². The van der Waals surface area contributed by atoms with Crippen molar-refractivity contribution in [3.05, 3.63) is 69.0 Å². The van der Waals surface area contributed by atoms with Crippen molar-refractivity contribution in [3.63, 3.8) is 0 Å². The third-order valence-corrected chi connectivity index (χ3v) is 5.92. The molecule has 2 aromatic carbocycles. The number of hydrogen-bond acceptors (Lipinski definition) is 3. The number of likely N-dealkylation sites (N-methyl/N-ethyl adjacent to an activating group) is 1. The van der Waals surface area contributed by atoms with Crippen molar-refractivity contribution in [2.45, 2.75) is 26.3 Å². The molecule has 4 nitrogen and oxygen atoms in total. The van der Waals surface area contributed by atoms with Crippen molar-refractivity contribution in [3.8, 4) is 6.07 Å². The number of nitriles is 1. The Kier molecular flexibility index (Phi) is 5.94. The first-order chi connectivity index (χ1) is 14.0. The predicted octanol–water partition coefficient (Wildman–Crippen LogP) is 6.31. The summed E-state index contributed by atoms with van der Waals surface area (Å²) in [6, 6.07) is 9.50. The van der Waals surface area contributed by atoms with Gasteiger partial charge in [-0.2, -0.15) is 5.26 Å². The highest BCUT2D eigenvalue weighted by Gasteiger charge is 2.29. The van der Waals surface area contributed by atoms with Crippen LogP contribution >= 0.6 is 23.2 Å². The fraction of sp³-hybridized carbons (Fsp3) is 0.217. The number of halogens is 3. The second-order valence-electron chi connectivity index (χ2n) is 7.68. The average Bonchev–Trinajstić information content (AvgIpc) is 2.67. The van der Waals surface area contributed by atoms with Crippen molar-refractivity contribution in [2.75, 3.05) is 17.3 Å². The van der Waals surface area contributed by atoms with Crippen molar-refractivity contribution in [1.82, 2.24) is 0 Å². The standard InChI is InChI=1S/C23H20Cl2FN3O/c1-13-11-23(2,3)29(4)21-10-20(26)14(8-17(13)21)7-15(12-27)22(30)28-16-5-6-18(24)19(25)9-16/h5-11H,1-4H3,(H,28,30)/b15-7+. The van der Waals surface area contributed by atoms with E-state index in [1.165, 1.54) is 24.3 Å². The summed E-state index contributed by atoms with van der Waals surface area (Å²) in [6.45, 7) is 6.06. The van der Waals surface area contributed by atoms with E-state index in [1.54, 1.807) is 12.1 Å². The monoisotopic (exact) mass is 443 g/mol. The number of allylic oxidation sites excluding steroid dienone is 1. The molecule has 7 heteroatoms. The van der Waals surface area contributed by atoms with Gasteiger partial charge in [0.15, 0.2) is 0 Å². The third kappa shape index (κ3) is 4.21. The van der Waals surface area contributed by atoms with Gasteiger partial charge in [0.25, 0.3) is 5.91 Å². The molecule has 0 bridgehead atoms. The highest BCUT2D eigenvalue weighted by Crippen LogP contribution is 2.39. The highest BCUT2D eigenvalue weighted by atomic mass is 35.5. The van der Waals surface area contributed by atoms with Crippen LogP contribution in [-0.4, -0.2) is 18.5 Å². The minimum atomic E-state index is -0.668. The lowest BCUT2D eigenvalue weighted by molar-refractivity contribution is -0.112. The molecule has 1 amide bonds. The summed E-state index contributed by atoms with van der Waals surface area (Å²) in [4.78, 5) is 14.5. The minimum absolute atomic E-state index is 0.162. The summed E-state index contributed by atoms with van der Waals surface area (Å²) < 4.78 is 14.9. The Morgan fingerprint density at radius 1 is 1.23 bits per heavy atom. The smallest absolute Gasteiger partial charge is 0.266 e. The van der Waals surface area contributed by atoms with Crippen LogP contribution in [0.2, 0.25) is 10.0 Å². The number of carbonyl (C=O) groups excluding carboxylic acids is 1. The Morgan fingerprint density at radius 2 is 1.93 bits per heavy atom. The van der Waals surface area contributed by atoms with Gasteiger partial charge in [0.1, 0.15) is 17.5 Å². The van der Waals surface area contributed by atoms with Crippen LogP contribution in [0, 0.1) is 17.1 Å². The second-order valence-corrected chi connectivity index (χ2v) is 8.50. The van der Waals surface area contributed by atoms with E-state index in [0.717, 1.165) is 16.8 Å². The zero-order valence-corrected chi connectivity index (χ0v) is 18.5. The van der Waals surface area contributed by atoms with Crippen LogP contribution in [0.25, 0.3) is 11.6 Å². The van der Waals surface area contributed by atoms with Crippen molar-refractivity contribution in [1.29, 1.82) is 5.26 Å². The summed E-state index contributed by atoms with van der Waals surface area (Å²) in [5.41, 5.74) is 2.67. The number of fused-ring (bicyclic) bond motifs is 1. The van der Waals surface area contributed by atoms with Gasteiger partial charge in [0.2, 0.25) is 0 Å². The summed E-state index contributed by atoms with van der Waals surface area (Å²) in [5, 5.41) is 12.6. The Bertz CT molecular complexity index is 1150. The molecule has 0 unspecified atom stereocenters. The number of amides is 1. The van der Waals surface area contributed by atoms with Gasteiger partial charge in [0, 0.05) is 29.5 Å². The van der Waals surface area contributed by atoms with E-state index >= 15 is 0 Å². The first-order valence-electron chi connectivity index (χ1n) is 9.19. The maximum atomic E-state index is 14.9. The van der Waals surface area contributed by atoms with E-state index in [2.05, 4.69) is 11.4 Å². The van der Waals surface area contributed by atoms with Crippen LogP contribution < -0.4 is 10.2 Å². The number of benzene rings is 2. The molecule has 1 aliphatic heterocycles. The number of anilines is 2. The molecule has 3 rings (SSSR count). The zero-order valence-electron chi connectivity index (χ0n) is 17.0. The van der Waals surface area contributed by atoms with Gasteiger partial charge < -0.3 is 10.2 Å². The van der Waals surface area contributed by atoms with Crippen molar-refractivity contribution < 1.29 is 9.18 Å². The molecule has 0 spiro atoms. The molecule has 0 radical (unpaired) electrons. The van der Waals surface area contributed by atoms with E-state index in [9.17, 15) is 14.4 Å². The number of hydrogen-bond donors (Lipinski definition) is 1. The lowest BCUT2D eigenvalue weighted by atomic mass is 9.88. The van der Waals surface area contributed by atoms with Crippen LogP contribution in [0.4, 0.5) is 15.8 Å². The van der Waals surface area contributed by atoms with Gasteiger partial charge in [-0.3, -0.25) is 4.79 Å². The quantitative estimate of drug-likeness (QED) is 0.446. The van der Waals surface area contributed by atoms with Gasteiger partial charge in [-0.05, 0) is 62.8 Å². The van der Waals surface area contributed by atoms with Gasteiger partial charge in [-0.25, -0.2) is 4.39 Å². The first-order valence-corrected chi connectivity index (χ1v) is 9.94. The van der Waals surface area contributed by atoms with Crippen LogP contribution in [-0.2, 0) is 4.79 Å². The van der Waals surface area contributed by atoms with Gasteiger partial charge in [0.05, 0.1) is 15.6 Å². The largest absolute Gasteiger partial charge is 0.365 e. The van der Waals surface area contributed by atoms with E-state index in [4.69, 9.17) is 23.2 Å². The summed E-state index contributed by atoms with van der Waals surface area (Å²) in [7, 11) is 1.90. The summed E-state index contributed by atoms with van der Waals surface area (Å²) in [5.74, 6) is -1.18. The average molecular weight is 444 g/mol. The molecule has 1 heterocycles. The normalized spacial score (nSPS) is 15.2. The molecular formula is C23H20Cl2FN3O. The number of nitrogens with zero attached hydrogens (tertiary/aromatic N) is 2. The number of carbonyl (C=O) groups is 1. The molecule has 1 N–H and O–H groups in total. The predicted molar refractivity (Wildman–Crippen MR) is 121 cm³/mol. The van der Waals surface area contributed by atoms with Crippen molar-refractivity contribution >= 4 is 52.1 Å². The SMILES string of the molecule is CC1=CC(C)(C)N(C)c2cc(F)c(/C=C(\C#N)C(=O)Nc3ccc(Cl)c(Cl)c3)cc21. The number of nitrogens with one attached hydrogen (secondary N) is 1. The van der Waals surface area contributed by atoms with E-state index in [1.807, 2.05) is 38.8 Å². The molecule has 0 fully saturated rings. The maximum absolute atomic E-state index is 14.9. The summed E-state index contributed by atoms with van der Waals surface area (Å²) >= 11 is 11.8. The van der Waals surface area contributed by atoms with Gasteiger partial charge in [-0.15, -0.1) is 0 Å². The fourth-order valence-corrected chi connectivity index (χ4v) is 3.67. The zero-order chi connectivity index (χ0) is 22.2. The van der Waals surface area contributed by atoms with Crippen LogP contribution in [0.15, 0.2) is 42.0 Å². The Hall–Kier alpha value is -2.81. The van der Waals surface area contributed by atoms with Crippen molar-refractivity contribution in [2.24, 2.45) is 0 Å². The Morgan fingerprint density at radius 3 is 2.57 bits per heavy atom. The van der Waals surface area contributed by atoms with E-state index < -0.39 is 11.7 Å². The fourth-order valence-electron chi connectivity index (χ4n) is 3.37. The van der Waals surface area contributed by atoms with Crippen LogP contribution in [0.5, 0.6) is 0 Å². The lowest BCUT2D eigenvalue weighted by Crippen LogP contribution is -2.42. The van der Waals surface area contributed by atoms with E-state index in [0.29, 0.717) is 10.7 Å². The summed E-state index contributed by atoms with van der Waals surface area (Å²) in [6.07, 6.45) is 3.35. The van der Waals surface area contributed by atoms with Gasteiger partial charge >= 0.3 is 0 Å². The maximum Gasteiger partial charge on any atom is 0.266 e. The molecule has 0 aliphatic carbocycles. The molecule has 0 saturated heterocycles. The lowest BCUT2D eigenvalue weighted by Gasteiger charge is -2.40. The van der Waals surface area contributed by atoms with Crippen LogP contribution in [0.3, 0.4) is 0 Å². The number of rotatable bonds is 3. The molecule has 0 aromatic heterocycles. The molecule has 0 saturated carbocycles. The second kappa shape index (κ2) is 8.14. The molecular weight excluding hydrogens is 424 g/mol. The van der Waals surface area contributed by atoms with Crippen LogP contribution in [0.1, 0.15) is 31.9 Å². The molecule has 30 heavy (non-hydrogen) atoms. The topological polar surface area (TPSA) is 56.1 Å². The first kappa shape index (κ1) is 21.9. The Labute approximate surface area is 185 Å². The third-order valence-electron chi connectivity index (χ3n) is 5.18. The molecule has 1 aliphatic rings. The molecule has 2 aromatic rings. The molecule has 154 valence electrons. The highest BCUT2D eigenvalue weighted by molar-refractivity contribution is 6.42. The Balaban J connectivity index is 1.96.